The Kier molecular flexibility index (Phi) is 4.34. The fraction of sp³-hybridized carbons (Fsp3) is 0.0714. The fourth-order valence-electron chi connectivity index (χ4n) is 1.60. The van der Waals surface area contributed by atoms with Gasteiger partial charge in [0.05, 0.1) is 17.3 Å². The monoisotopic (exact) mass is 341 g/mol. The van der Waals surface area contributed by atoms with E-state index < -0.39 is 17.5 Å². The Balaban J connectivity index is 2.25. The van der Waals surface area contributed by atoms with Gasteiger partial charge in [-0.15, -0.1) is 0 Å². The summed E-state index contributed by atoms with van der Waals surface area (Å²) in [5, 5.41) is 2.58. The first kappa shape index (κ1) is 14.5. The van der Waals surface area contributed by atoms with Gasteiger partial charge in [0.1, 0.15) is 17.4 Å². The Hall–Kier alpha value is -1.95. The summed E-state index contributed by atoms with van der Waals surface area (Å²) in [4.78, 5) is 12.0. The standard InChI is InChI=1S/C14H10BrF2NO2/c1-20-13-7-9(16)3-5-12(13)18-14(19)8-2-4-11(17)10(15)6-8/h2-7H,1H3,(H,18,19). The number of carbonyl (C=O) groups excluding carboxylic acids is 1. The van der Waals surface area contributed by atoms with Gasteiger partial charge in [-0.25, -0.2) is 8.78 Å². The minimum atomic E-state index is -0.468. The van der Waals surface area contributed by atoms with Crippen LogP contribution in [0.2, 0.25) is 0 Å². The Morgan fingerprint density at radius 3 is 2.60 bits per heavy atom. The number of carbonyl (C=O) groups is 1. The highest BCUT2D eigenvalue weighted by Crippen LogP contribution is 2.26. The predicted octanol–water partition coefficient (Wildman–Crippen LogP) is 3.99. The Bertz CT molecular complexity index is 662. The number of methoxy groups -OCH3 is 1. The van der Waals surface area contributed by atoms with E-state index in [9.17, 15) is 13.6 Å². The van der Waals surface area contributed by atoms with Crippen LogP contribution in [-0.4, -0.2) is 13.0 Å². The van der Waals surface area contributed by atoms with Gasteiger partial charge in [0.15, 0.2) is 0 Å². The molecule has 0 atom stereocenters. The molecule has 0 fully saturated rings. The summed E-state index contributed by atoms with van der Waals surface area (Å²) in [5.41, 5.74) is 0.601. The lowest BCUT2D eigenvalue weighted by Crippen LogP contribution is -2.13. The van der Waals surface area contributed by atoms with Crippen LogP contribution in [0.3, 0.4) is 0 Å². The fourth-order valence-corrected chi connectivity index (χ4v) is 1.98. The molecule has 0 saturated heterocycles. The number of ether oxygens (including phenoxy) is 1. The highest BCUT2D eigenvalue weighted by molar-refractivity contribution is 9.10. The SMILES string of the molecule is COc1cc(F)ccc1NC(=O)c1ccc(F)c(Br)c1. The van der Waals surface area contributed by atoms with E-state index in [0.717, 1.165) is 6.07 Å². The highest BCUT2D eigenvalue weighted by Gasteiger charge is 2.12. The quantitative estimate of drug-likeness (QED) is 0.916. The summed E-state index contributed by atoms with van der Waals surface area (Å²) in [6.07, 6.45) is 0. The lowest BCUT2D eigenvalue weighted by molar-refractivity contribution is 0.102. The average Bonchev–Trinajstić information content (AvgIpc) is 2.43. The van der Waals surface area contributed by atoms with Crippen LogP contribution in [0.4, 0.5) is 14.5 Å². The molecular weight excluding hydrogens is 332 g/mol. The maximum atomic E-state index is 13.1. The number of anilines is 1. The summed E-state index contributed by atoms with van der Waals surface area (Å²) >= 11 is 3.01. The molecule has 0 aliphatic carbocycles. The van der Waals surface area contributed by atoms with E-state index in [4.69, 9.17) is 4.74 Å². The predicted molar refractivity (Wildman–Crippen MR) is 75.0 cm³/mol. The molecule has 2 aromatic carbocycles. The molecule has 0 spiro atoms. The van der Waals surface area contributed by atoms with E-state index >= 15 is 0 Å². The molecule has 0 saturated carbocycles. The lowest BCUT2D eigenvalue weighted by atomic mass is 10.2. The number of rotatable bonds is 3. The van der Waals surface area contributed by atoms with Crippen molar-refractivity contribution in [3.63, 3.8) is 0 Å². The van der Waals surface area contributed by atoms with Gasteiger partial charge in [-0.05, 0) is 46.3 Å². The molecule has 0 bridgehead atoms. The van der Waals surface area contributed by atoms with Crippen LogP contribution >= 0.6 is 15.9 Å². The molecule has 0 aliphatic heterocycles. The van der Waals surface area contributed by atoms with Crippen LogP contribution in [0.25, 0.3) is 0 Å². The van der Waals surface area contributed by atoms with Crippen LogP contribution < -0.4 is 10.1 Å². The molecule has 20 heavy (non-hydrogen) atoms. The zero-order valence-corrected chi connectivity index (χ0v) is 12.0. The molecule has 0 radical (unpaired) electrons. The number of hydrogen-bond donors (Lipinski definition) is 1. The molecule has 1 N–H and O–H groups in total. The minimum Gasteiger partial charge on any atom is -0.494 e. The summed E-state index contributed by atoms with van der Waals surface area (Å²) in [7, 11) is 1.37. The normalized spacial score (nSPS) is 10.2. The summed E-state index contributed by atoms with van der Waals surface area (Å²) in [6.45, 7) is 0. The summed E-state index contributed by atoms with van der Waals surface area (Å²) in [6, 6.07) is 7.66. The first-order chi connectivity index (χ1) is 9.51. The van der Waals surface area contributed by atoms with Crippen molar-refractivity contribution in [1.82, 2.24) is 0 Å². The molecule has 0 heterocycles. The molecule has 0 aromatic heterocycles. The van der Waals surface area contributed by atoms with Gasteiger partial charge in [-0.1, -0.05) is 0 Å². The third-order valence-corrected chi connectivity index (χ3v) is 3.20. The smallest absolute Gasteiger partial charge is 0.255 e. The van der Waals surface area contributed by atoms with E-state index in [1.165, 1.54) is 37.4 Å². The molecule has 1 amide bonds. The van der Waals surface area contributed by atoms with Gasteiger partial charge in [0.2, 0.25) is 0 Å². The second kappa shape index (κ2) is 6.00. The van der Waals surface area contributed by atoms with Crippen LogP contribution in [0.5, 0.6) is 5.75 Å². The number of halogens is 3. The Morgan fingerprint density at radius 2 is 1.95 bits per heavy atom. The van der Waals surface area contributed by atoms with Crippen molar-refractivity contribution < 1.29 is 18.3 Å². The minimum absolute atomic E-state index is 0.191. The zero-order chi connectivity index (χ0) is 14.7. The van der Waals surface area contributed by atoms with Crippen LogP contribution in [-0.2, 0) is 0 Å². The highest BCUT2D eigenvalue weighted by atomic mass is 79.9. The number of benzene rings is 2. The summed E-state index contributed by atoms with van der Waals surface area (Å²) < 4.78 is 31.3. The molecular formula is C14H10BrF2NO2. The number of amides is 1. The van der Waals surface area contributed by atoms with E-state index in [1.54, 1.807) is 0 Å². The first-order valence-electron chi connectivity index (χ1n) is 5.61. The van der Waals surface area contributed by atoms with Crippen LogP contribution in [0.15, 0.2) is 40.9 Å². The third-order valence-electron chi connectivity index (χ3n) is 2.59. The maximum absolute atomic E-state index is 13.1. The van der Waals surface area contributed by atoms with Gasteiger partial charge in [-0.2, -0.15) is 0 Å². The van der Waals surface area contributed by atoms with Crippen molar-refractivity contribution in [2.45, 2.75) is 0 Å². The molecule has 3 nitrogen and oxygen atoms in total. The average molecular weight is 342 g/mol. The Labute approximate surface area is 122 Å². The van der Waals surface area contributed by atoms with Crippen molar-refractivity contribution in [3.05, 3.63) is 58.1 Å². The van der Waals surface area contributed by atoms with Crippen molar-refractivity contribution in [3.8, 4) is 5.75 Å². The number of hydrogen-bond acceptors (Lipinski definition) is 2. The molecule has 0 unspecified atom stereocenters. The molecule has 2 rings (SSSR count). The van der Waals surface area contributed by atoms with Crippen molar-refractivity contribution in [2.75, 3.05) is 12.4 Å². The van der Waals surface area contributed by atoms with E-state index in [0.29, 0.717) is 5.69 Å². The number of nitrogens with one attached hydrogen (secondary N) is 1. The summed E-state index contributed by atoms with van der Waals surface area (Å²) in [5.74, 6) is -1.17. The maximum Gasteiger partial charge on any atom is 0.255 e. The van der Waals surface area contributed by atoms with Gasteiger partial charge in [0.25, 0.3) is 5.91 Å². The van der Waals surface area contributed by atoms with Crippen molar-refractivity contribution in [2.24, 2.45) is 0 Å². The topological polar surface area (TPSA) is 38.3 Å². The zero-order valence-electron chi connectivity index (χ0n) is 10.4. The van der Waals surface area contributed by atoms with Gasteiger partial charge in [0, 0.05) is 11.6 Å². The third kappa shape index (κ3) is 3.14. The van der Waals surface area contributed by atoms with Gasteiger partial charge < -0.3 is 10.1 Å². The van der Waals surface area contributed by atoms with Crippen LogP contribution in [0.1, 0.15) is 10.4 Å². The molecule has 104 valence electrons. The molecule has 2 aromatic rings. The van der Waals surface area contributed by atoms with Crippen molar-refractivity contribution >= 4 is 27.5 Å². The molecule has 6 heteroatoms. The lowest BCUT2D eigenvalue weighted by Gasteiger charge is -2.10. The second-order valence-electron chi connectivity index (χ2n) is 3.93. The largest absolute Gasteiger partial charge is 0.494 e. The Morgan fingerprint density at radius 1 is 1.20 bits per heavy atom. The van der Waals surface area contributed by atoms with E-state index in [2.05, 4.69) is 21.2 Å². The van der Waals surface area contributed by atoms with Crippen LogP contribution in [0, 0.1) is 11.6 Å². The van der Waals surface area contributed by atoms with E-state index in [1.807, 2.05) is 0 Å². The molecule has 0 aliphatic rings. The van der Waals surface area contributed by atoms with E-state index in [-0.39, 0.29) is 15.8 Å². The van der Waals surface area contributed by atoms with Crippen molar-refractivity contribution in [1.29, 1.82) is 0 Å². The first-order valence-corrected chi connectivity index (χ1v) is 6.40. The van der Waals surface area contributed by atoms with Gasteiger partial charge in [-0.3, -0.25) is 4.79 Å². The van der Waals surface area contributed by atoms with Gasteiger partial charge >= 0.3 is 0 Å². The second-order valence-corrected chi connectivity index (χ2v) is 4.78.